The molecule has 0 bridgehead atoms. The molecule has 0 aliphatic rings. The van der Waals surface area contributed by atoms with Crippen molar-refractivity contribution < 1.29 is 0 Å². The second kappa shape index (κ2) is 5.62. The maximum absolute atomic E-state index is 5.61. The van der Waals surface area contributed by atoms with Gasteiger partial charge in [-0.15, -0.1) is 11.3 Å². The van der Waals surface area contributed by atoms with Gasteiger partial charge in [-0.25, -0.2) is 4.98 Å². The Kier molecular flexibility index (Phi) is 4.15. The quantitative estimate of drug-likeness (QED) is 0.943. The van der Waals surface area contributed by atoms with Crippen LogP contribution in [-0.4, -0.2) is 16.9 Å². The first-order chi connectivity index (χ1) is 8.13. The second-order valence-corrected chi connectivity index (χ2v) is 6.03. The molecule has 0 saturated carbocycles. The molecule has 2 rings (SSSR count). The smallest absolute Gasteiger partial charge is 0.180 e. The number of halogens is 1. The minimum Gasteiger partial charge on any atom is -0.375 e. The van der Waals surface area contributed by atoms with E-state index in [1.807, 2.05) is 12.3 Å². The summed E-state index contributed by atoms with van der Waals surface area (Å²) in [5.74, 6) is 0. The molecule has 90 valence electrons. The molecule has 2 aromatic rings. The fourth-order valence-corrected chi connectivity index (χ4v) is 2.88. The van der Waals surface area contributed by atoms with Gasteiger partial charge in [0, 0.05) is 28.6 Å². The van der Waals surface area contributed by atoms with Crippen molar-refractivity contribution >= 4 is 32.4 Å². The predicted octanol–water partition coefficient (Wildman–Crippen LogP) is 3.12. The van der Waals surface area contributed by atoms with Crippen molar-refractivity contribution in [3.63, 3.8) is 0 Å². The lowest BCUT2D eigenvalue weighted by atomic mass is 10.2. The van der Waals surface area contributed by atoms with E-state index in [0.29, 0.717) is 5.13 Å². The number of nitrogen functional groups attached to an aromatic ring is 1. The van der Waals surface area contributed by atoms with Crippen molar-refractivity contribution in [2.24, 2.45) is 0 Å². The molecule has 0 radical (unpaired) electrons. The number of thiazole rings is 1. The summed E-state index contributed by atoms with van der Waals surface area (Å²) in [4.78, 5) is 7.49. The van der Waals surface area contributed by atoms with Crippen LogP contribution in [0.1, 0.15) is 10.4 Å². The number of nitrogens with two attached hydrogens (primary N) is 1. The third-order valence-electron chi connectivity index (χ3n) is 2.34. The lowest BCUT2D eigenvalue weighted by Gasteiger charge is -2.15. The molecular weight excluding hydrogens is 298 g/mol. The van der Waals surface area contributed by atoms with E-state index in [-0.39, 0.29) is 0 Å². The number of benzene rings is 1. The summed E-state index contributed by atoms with van der Waals surface area (Å²) in [6, 6.07) is 8.35. The first-order valence-electron chi connectivity index (χ1n) is 5.26. The lowest BCUT2D eigenvalue weighted by Crippen LogP contribution is -2.16. The van der Waals surface area contributed by atoms with Gasteiger partial charge in [0.15, 0.2) is 5.13 Å². The molecule has 3 nitrogen and oxygen atoms in total. The summed E-state index contributed by atoms with van der Waals surface area (Å²) in [6.45, 7) is 1.79. The van der Waals surface area contributed by atoms with E-state index in [1.165, 1.54) is 10.4 Å². The Balaban J connectivity index is 1.95. The molecule has 1 aromatic heterocycles. The molecule has 17 heavy (non-hydrogen) atoms. The van der Waals surface area contributed by atoms with Gasteiger partial charge in [-0.2, -0.15) is 0 Å². The average molecular weight is 312 g/mol. The molecule has 0 fully saturated rings. The third-order valence-corrected chi connectivity index (χ3v) is 3.64. The third kappa shape index (κ3) is 3.80. The normalized spacial score (nSPS) is 11.0. The van der Waals surface area contributed by atoms with E-state index < -0.39 is 0 Å². The minimum absolute atomic E-state index is 0.635. The topological polar surface area (TPSA) is 42.2 Å². The van der Waals surface area contributed by atoms with Gasteiger partial charge < -0.3 is 5.73 Å². The first-order valence-corrected chi connectivity index (χ1v) is 6.87. The number of hydrogen-bond acceptors (Lipinski definition) is 4. The average Bonchev–Trinajstić information content (AvgIpc) is 2.63. The van der Waals surface area contributed by atoms with Gasteiger partial charge >= 0.3 is 0 Å². The lowest BCUT2D eigenvalue weighted by molar-refractivity contribution is 0.322. The largest absolute Gasteiger partial charge is 0.375 e. The van der Waals surface area contributed by atoms with Crippen LogP contribution in [0.15, 0.2) is 34.9 Å². The molecular formula is C12H14BrN3S. The molecule has 0 aliphatic carbocycles. The SMILES string of the molecule is CN(Cc1cccc(Br)c1)Cc1cnc(N)s1. The van der Waals surface area contributed by atoms with Crippen LogP contribution < -0.4 is 5.73 Å². The number of anilines is 1. The summed E-state index contributed by atoms with van der Waals surface area (Å²) in [7, 11) is 2.09. The van der Waals surface area contributed by atoms with Gasteiger partial charge in [-0.1, -0.05) is 28.1 Å². The fourth-order valence-electron chi connectivity index (χ4n) is 1.66. The van der Waals surface area contributed by atoms with Crippen molar-refractivity contribution in [1.82, 2.24) is 9.88 Å². The Hall–Kier alpha value is -0.910. The Morgan fingerprint density at radius 1 is 1.41 bits per heavy atom. The highest BCUT2D eigenvalue weighted by Gasteiger charge is 2.04. The van der Waals surface area contributed by atoms with Crippen molar-refractivity contribution in [2.75, 3.05) is 12.8 Å². The van der Waals surface area contributed by atoms with Gasteiger partial charge in [0.25, 0.3) is 0 Å². The summed E-state index contributed by atoms with van der Waals surface area (Å²) in [6.07, 6.45) is 1.84. The molecule has 1 aromatic carbocycles. The number of aromatic nitrogens is 1. The minimum atomic E-state index is 0.635. The van der Waals surface area contributed by atoms with E-state index in [2.05, 4.69) is 51.1 Å². The zero-order valence-electron chi connectivity index (χ0n) is 9.56. The Morgan fingerprint density at radius 2 is 2.24 bits per heavy atom. The van der Waals surface area contributed by atoms with Crippen LogP contribution in [-0.2, 0) is 13.1 Å². The van der Waals surface area contributed by atoms with Gasteiger partial charge in [0.2, 0.25) is 0 Å². The van der Waals surface area contributed by atoms with Crippen LogP contribution in [0, 0.1) is 0 Å². The molecule has 5 heteroatoms. The molecule has 0 spiro atoms. The van der Waals surface area contributed by atoms with Crippen LogP contribution in [0.2, 0.25) is 0 Å². The van der Waals surface area contributed by atoms with Crippen LogP contribution in [0.25, 0.3) is 0 Å². The Morgan fingerprint density at radius 3 is 2.88 bits per heavy atom. The summed E-state index contributed by atoms with van der Waals surface area (Å²) in [5, 5.41) is 0.635. The van der Waals surface area contributed by atoms with Crippen LogP contribution in [0.5, 0.6) is 0 Å². The molecule has 0 saturated heterocycles. The number of rotatable bonds is 4. The van der Waals surface area contributed by atoms with E-state index in [0.717, 1.165) is 17.6 Å². The first kappa shape index (κ1) is 12.5. The van der Waals surface area contributed by atoms with Gasteiger partial charge in [-0.05, 0) is 24.7 Å². The van der Waals surface area contributed by atoms with E-state index in [1.54, 1.807) is 11.3 Å². The molecule has 0 amide bonds. The van der Waals surface area contributed by atoms with E-state index in [4.69, 9.17) is 5.73 Å². The van der Waals surface area contributed by atoms with Gasteiger partial charge in [0.1, 0.15) is 0 Å². The van der Waals surface area contributed by atoms with Gasteiger partial charge in [0.05, 0.1) is 0 Å². The maximum Gasteiger partial charge on any atom is 0.180 e. The Labute approximate surface area is 113 Å². The Bertz CT molecular complexity index is 498. The van der Waals surface area contributed by atoms with Gasteiger partial charge in [-0.3, -0.25) is 4.90 Å². The summed E-state index contributed by atoms with van der Waals surface area (Å²) >= 11 is 5.02. The zero-order chi connectivity index (χ0) is 12.3. The highest BCUT2D eigenvalue weighted by molar-refractivity contribution is 9.10. The molecule has 2 N–H and O–H groups in total. The number of hydrogen-bond donors (Lipinski definition) is 1. The standard InChI is InChI=1S/C12H14BrN3S/c1-16(8-11-6-15-12(14)17-11)7-9-3-2-4-10(13)5-9/h2-6H,7-8H2,1H3,(H2,14,15). The highest BCUT2D eigenvalue weighted by Crippen LogP contribution is 2.18. The van der Waals surface area contributed by atoms with Crippen molar-refractivity contribution in [3.8, 4) is 0 Å². The number of nitrogens with zero attached hydrogens (tertiary/aromatic N) is 2. The van der Waals surface area contributed by atoms with E-state index >= 15 is 0 Å². The van der Waals surface area contributed by atoms with Crippen LogP contribution in [0.4, 0.5) is 5.13 Å². The van der Waals surface area contributed by atoms with Crippen LogP contribution in [0.3, 0.4) is 0 Å². The fraction of sp³-hybridized carbons (Fsp3) is 0.250. The highest BCUT2D eigenvalue weighted by atomic mass is 79.9. The maximum atomic E-state index is 5.61. The predicted molar refractivity (Wildman–Crippen MR) is 75.8 cm³/mol. The molecule has 0 aliphatic heterocycles. The van der Waals surface area contributed by atoms with Crippen LogP contribution >= 0.6 is 27.3 Å². The monoisotopic (exact) mass is 311 g/mol. The molecule has 1 heterocycles. The van der Waals surface area contributed by atoms with Crippen molar-refractivity contribution in [2.45, 2.75) is 13.1 Å². The molecule has 0 atom stereocenters. The van der Waals surface area contributed by atoms with Crippen molar-refractivity contribution in [1.29, 1.82) is 0 Å². The molecule has 0 unspecified atom stereocenters. The second-order valence-electron chi connectivity index (χ2n) is 3.97. The van der Waals surface area contributed by atoms with E-state index in [9.17, 15) is 0 Å². The summed E-state index contributed by atoms with van der Waals surface area (Å²) in [5.41, 5.74) is 6.90. The van der Waals surface area contributed by atoms with Crippen molar-refractivity contribution in [3.05, 3.63) is 45.4 Å². The summed E-state index contributed by atoms with van der Waals surface area (Å²) < 4.78 is 1.12. The zero-order valence-corrected chi connectivity index (χ0v) is 12.0.